The van der Waals surface area contributed by atoms with E-state index < -0.39 is 8.15 Å². The van der Waals surface area contributed by atoms with Crippen LogP contribution in [0.25, 0.3) is 32.7 Å². The Morgan fingerprint density at radius 1 is 0.719 bits per heavy atom. The fourth-order valence-electron chi connectivity index (χ4n) is 4.82. The summed E-state index contributed by atoms with van der Waals surface area (Å²) in [6.45, 7) is 2.24. The number of ether oxygens (including phenoxy) is 1. The van der Waals surface area contributed by atoms with Gasteiger partial charge in [0.05, 0.1) is 7.11 Å². The number of para-hydroxylation sites is 1. The normalized spacial score (nSPS) is 14.6. The standard InChI is InChI=1S/C29H23O2P/c1-3-21-24-16-19-10-4-5-11-20(19)17-25(24)27(30-2)18-29(21)32-28-15-9-7-13-23(28)22-12-6-8-14-26(22)31-32/h4-18H,3H2,1-2H3. The number of aryl methyl sites for hydroxylation is 1. The van der Waals surface area contributed by atoms with Crippen molar-refractivity contribution in [3.63, 3.8) is 0 Å². The Bertz CT molecular complexity index is 1490. The molecule has 0 radical (unpaired) electrons. The Hall–Kier alpha value is -3.35. The van der Waals surface area contributed by atoms with Crippen LogP contribution in [0, 0.1) is 0 Å². The third-order valence-electron chi connectivity index (χ3n) is 6.34. The fourth-order valence-corrected chi connectivity index (χ4v) is 7.02. The van der Waals surface area contributed by atoms with Crippen molar-refractivity contribution in [1.29, 1.82) is 0 Å². The van der Waals surface area contributed by atoms with Crippen molar-refractivity contribution < 1.29 is 9.26 Å². The second-order valence-electron chi connectivity index (χ2n) is 8.07. The van der Waals surface area contributed by atoms with Gasteiger partial charge in [-0.1, -0.05) is 73.7 Å². The molecule has 3 heteroatoms. The van der Waals surface area contributed by atoms with E-state index in [1.54, 1.807) is 7.11 Å². The van der Waals surface area contributed by atoms with E-state index in [1.165, 1.54) is 43.5 Å². The predicted octanol–water partition coefficient (Wildman–Crippen LogP) is 6.97. The molecule has 32 heavy (non-hydrogen) atoms. The van der Waals surface area contributed by atoms with Crippen molar-refractivity contribution >= 4 is 40.3 Å². The van der Waals surface area contributed by atoms with Gasteiger partial charge >= 0.3 is 0 Å². The molecule has 0 N–H and O–H groups in total. The number of hydrogen-bond acceptors (Lipinski definition) is 2. The summed E-state index contributed by atoms with van der Waals surface area (Å²) in [6.07, 6.45) is 0.931. The number of methoxy groups -OCH3 is 1. The molecular weight excluding hydrogens is 411 g/mol. The van der Waals surface area contributed by atoms with Crippen LogP contribution < -0.4 is 19.9 Å². The maximum atomic E-state index is 6.73. The van der Waals surface area contributed by atoms with Crippen LogP contribution >= 0.6 is 8.15 Å². The molecule has 2 nitrogen and oxygen atoms in total. The number of fused-ring (bicyclic) bond motifs is 5. The van der Waals surface area contributed by atoms with E-state index in [9.17, 15) is 0 Å². The Morgan fingerprint density at radius 3 is 2.12 bits per heavy atom. The molecule has 0 saturated carbocycles. The van der Waals surface area contributed by atoms with Crippen molar-refractivity contribution in [3.05, 3.63) is 96.6 Å². The van der Waals surface area contributed by atoms with Gasteiger partial charge in [0.2, 0.25) is 0 Å². The lowest BCUT2D eigenvalue weighted by Crippen LogP contribution is -2.24. The summed E-state index contributed by atoms with van der Waals surface area (Å²) >= 11 is 0. The molecule has 0 amide bonds. The predicted molar refractivity (Wildman–Crippen MR) is 136 cm³/mol. The highest BCUT2D eigenvalue weighted by atomic mass is 31.1. The number of rotatable bonds is 3. The Labute approximate surface area is 189 Å². The Balaban J connectivity index is 1.65. The molecule has 1 unspecified atom stereocenters. The maximum Gasteiger partial charge on any atom is 0.151 e. The Morgan fingerprint density at radius 2 is 1.38 bits per heavy atom. The summed E-state index contributed by atoms with van der Waals surface area (Å²) in [5, 5.41) is 7.39. The smallest absolute Gasteiger partial charge is 0.151 e. The van der Waals surface area contributed by atoms with Gasteiger partial charge in [-0.15, -0.1) is 0 Å². The highest BCUT2D eigenvalue weighted by Gasteiger charge is 2.30. The zero-order valence-electron chi connectivity index (χ0n) is 18.1. The van der Waals surface area contributed by atoms with E-state index in [-0.39, 0.29) is 0 Å². The summed E-state index contributed by atoms with van der Waals surface area (Å²) in [5.41, 5.74) is 3.77. The molecule has 6 rings (SSSR count). The second kappa shape index (κ2) is 7.65. The van der Waals surface area contributed by atoms with Gasteiger partial charge in [0.15, 0.2) is 8.15 Å². The van der Waals surface area contributed by atoms with Gasteiger partial charge in [0, 0.05) is 21.6 Å². The molecule has 1 aliphatic rings. The van der Waals surface area contributed by atoms with E-state index in [0.29, 0.717) is 0 Å². The fraction of sp³-hybridized carbons (Fsp3) is 0.103. The zero-order valence-corrected chi connectivity index (χ0v) is 19.0. The number of hydrogen-bond donors (Lipinski definition) is 0. The summed E-state index contributed by atoms with van der Waals surface area (Å²) in [7, 11) is 0.747. The van der Waals surface area contributed by atoms with E-state index in [1.807, 2.05) is 6.07 Å². The SMILES string of the molecule is CCc1c(P2Oc3ccccc3-c3ccccc32)cc(OC)c2cc3ccccc3cc12. The van der Waals surface area contributed by atoms with E-state index in [2.05, 4.69) is 91.9 Å². The minimum Gasteiger partial charge on any atom is -0.496 e. The molecule has 0 fully saturated rings. The maximum absolute atomic E-state index is 6.73. The van der Waals surface area contributed by atoms with Crippen molar-refractivity contribution in [2.75, 3.05) is 7.11 Å². The van der Waals surface area contributed by atoms with Gasteiger partial charge in [-0.25, -0.2) is 0 Å². The van der Waals surface area contributed by atoms with Crippen LogP contribution in [-0.2, 0) is 6.42 Å². The van der Waals surface area contributed by atoms with Crippen LogP contribution in [0.15, 0.2) is 91.0 Å². The molecule has 5 aromatic carbocycles. The molecule has 0 saturated heterocycles. The highest BCUT2D eigenvalue weighted by Crippen LogP contribution is 2.50. The van der Waals surface area contributed by atoms with Gasteiger partial charge in [0.25, 0.3) is 0 Å². The van der Waals surface area contributed by atoms with Gasteiger partial charge < -0.3 is 9.26 Å². The molecule has 0 bridgehead atoms. The molecular formula is C29H23O2P. The van der Waals surface area contributed by atoms with Crippen LogP contribution in [0.5, 0.6) is 11.5 Å². The average molecular weight is 434 g/mol. The van der Waals surface area contributed by atoms with Crippen LogP contribution in [0.3, 0.4) is 0 Å². The molecule has 5 aromatic rings. The summed E-state index contributed by atoms with van der Waals surface area (Å²) in [4.78, 5) is 0. The van der Waals surface area contributed by atoms with E-state index in [0.717, 1.165) is 23.3 Å². The average Bonchev–Trinajstić information content (AvgIpc) is 2.86. The first kappa shape index (κ1) is 19.3. The van der Waals surface area contributed by atoms with Crippen molar-refractivity contribution in [1.82, 2.24) is 0 Å². The van der Waals surface area contributed by atoms with Crippen LogP contribution in [0.4, 0.5) is 0 Å². The van der Waals surface area contributed by atoms with Gasteiger partial charge in [-0.05, 0) is 58.0 Å². The lowest BCUT2D eigenvalue weighted by Gasteiger charge is -2.30. The third kappa shape index (κ3) is 2.91. The first-order chi connectivity index (χ1) is 15.8. The molecule has 1 aliphatic heterocycles. The van der Waals surface area contributed by atoms with E-state index >= 15 is 0 Å². The van der Waals surface area contributed by atoms with Crippen LogP contribution in [0.2, 0.25) is 0 Å². The summed E-state index contributed by atoms with van der Waals surface area (Å²) in [5.74, 6) is 1.86. The minimum absolute atomic E-state index is 0.903. The largest absolute Gasteiger partial charge is 0.496 e. The molecule has 0 aliphatic carbocycles. The lowest BCUT2D eigenvalue weighted by molar-refractivity contribution is 0.420. The first-order valence-corrected chi connectivity index (χ1v) is 12.2. The Kier molecular flexibility index (Phi) is 4.63. The van der Waals surface area contributed by atoms with Crippen LogP contribution in [0.1, 0.15) is 12.5 Å². The van der Waals surface area contributed by atoms with Crippen molar-refractivity contribution in [2.45, 2.75) is 13.3 Å². The minimum atomic E-state index is -1.01. The highest BCUT2D eigenvalue weighted by molar-refractivity contribution is 7.69. The molecule has 156 valence electrons. The summed E-state index contributed by atoms with van der Waals surface area (Å²) in [6, 6.07) is 32.3. The topological polar surface area (TPSA) is 18.5 Å². The molecule has 1 heterocycles. The van der Waals surface area contributed by atoms with Crippen molar-refractivity contribution in [2.24, 2.45) is 0 Å². The molecule has 0 spiro atoms. The number of benzene rings is 5. The van der Waals surface area contributed by atoms with Crippen molar-refractivity contribution in [3.8, 4) is 22.6 Å². The quantitative estimate of drug-likeness (QED) is 0.225. The second-order valence-corrected chi connectivity index (χ2v) is 9.81. The molecule has 1 atom stereocenters. The van der Waals surface area contributed by atoms with Gasteiger partial charge in [-0.3, -0.25) is 0 Å². The summed E-state index contributed by atoms with van der Waals surface area (Å²) < 4.78 is 12.7. The molecule has 0 aromatic heterocycles. The van der Waals surface area contributed by atoms with Crippen LogP contribution in [-0.4, -0.2) is 7.11 Å². The van der Waals surface area contributed by atoms with Gasteiger partial charge in [-0.2, -0.15) is 0 Å². The third-order valence-corrected chi connectivity index (χ3v) is 8.38. The lowest BCUT2D eigenvalue weighted by atomic mass is 9.97. The van der Waals surface area contributed by atoms with Gasteiger partial charge in [0.1, 0.15) is 11.5 Å². The first-order valence-electron chi connectivity index (χ1n) is 11.0. The van der Waals surface area contributed by atoms with E-state index in [4.69, 9.17) is 9.26 Å². The zero-order chi connectivity index (χ0) is 21.7. The monoisotopic (exact) mass is 434 g/mol.